The number of hydrogen-bond acceptors (Lipinski definition) is 2. The summed E-state index contributed by atoms with van der Waals surface area (Å²) in [6, 6.07) is 0. The van der Waals surface area contributed by atoms with Crippen molar-refractivity contribution in [1.29, 1.82) is 0 Å². The smallest absolute Gasteiger partial charge is 0.309 e. The number of ether oxygens (including phenoxy) is 1. The van der Waals surface area contributed by atoms with Gasteiger partial charge in [0.05, 0.1) is 5.41 Å². The normalized spacial score (nSPS) is 39.5. The number of carboxylic acid groups (broad SMARTS) is 1. The molecular weight excluding hydrogens is 180 g/mol. The van der Waals surface area contributed by atoms with Crippen LogP contribution in [0.2, 0.25) is 0 Å². The molecule has 0 spiro atoms. The second-order valence-electron chi connectivity index (χ2n) is 4.85. The Kier molecular flexibility index (Phi) is 2.52. The lowest BCUT2D eigenvalue weighted by molar-refractivity contribution is -0.150. The maximum absolute atomic E-state index is 11.2. The van der Waals surface area contributed by atoms with E-state index in [1.807, 2.05) is 0 Å². The van der Waals surface area contributed by atoms with Crippen LogP contribution in [0.5, 0.6) is 0 Å². The summed E-state index contributed by atoms with van der Waals surface area (Å²) in [5.41, 5.74) is -0.397. The molecule has 0 aromatic carbocycles. The Labute approximate surface area is 84.4 Å². The van der Waals surface area contributed by atoms with E-state index in [0.29, 0.717) is 6.61 Å². The van der Waals surface area contributed by atoms with Crippen LogP contribution in [0.25, 0.3) is 0 Å². The lowest BCUT2D eigenvalue weighted by Crippen LogP contribution is -2.29. The minimum Gasteiger partial charge on any atom is -0.481 e. The van der Waals surface area contributed by atoms with E-state index < -0.39 is 11.4 Å². The number of carbonyl (C=O) groups is 1. The molecule has 2 unspecified atom stereocenters. The Bertz CT molecular complexity index is 227. The minimum absolute atomic E-state index is 0.397. The molecule has 0 radical (unpaired) electrons. The van der Waals surface area contributed by atoms with E-state index in [-0.39, 0.29) is 0 Å². The van der Waals surface area contributed by atoms with Gasteiger partial charge in [0.25, 0.3) is 0 Å². The molecule has 0 aromatic heterocycles. The highest BCUT2D eigenvalue weighted by molar-refractivity contribution is 5.75. The van der Waals surface area contributed by atoms with E-state index in [9.17, 15) is 9.90 Å². The van der Waals surface area contributed by atoms with Crippen LogP contribution in [0.4, 0.5) is 0 Å². The molecule has 2 aliphatic rings. The Balaban J connectivity index is 1.90. The summed E-state index contributed by atoms with van der Waals surface area (Å²) in [6.07, 6.45) is 4.78. The van der Waals surface area contributed by atoms with Crippen LogP contribution in [0.3, 0.4) is 0 Å². The third-order valence-corrected chi connectivity index (χ3v) is 3.83. The number of aliphatic carboxylic acids is 1. The lowest BCUT2D eigenvalue weighted by atomic mass is 9.79. The molecule has 2 atom stereocenters. The van der Waals surface area contributed by atoms with E-state index in [1.165, 1.54) is 6.42 Å². The molecule has 0 saturated heterocycles. The van der Waals surface area contributed by atoms with Gasteiger partial charge in [0.15, 0.2) is 0 Å². The summed E-state index contributed by atoms with van der Waals surface area (Å²) in [5.74, 6) is 0.878. The zero-order valence-corrected chi connectivity index (χ0v) is 8.66. The van der Waals surface area contributed by atoms with Gasteiger partial charge in [-0.2, -0.15) is 0 Å². The number of methoxy groups -OCH3 is 1. The zero-order valence-electron chi connectivity index (χ0n) is 8.66. The van der Waals surface area contributed by atoms with Crippen LogP contribution in [0.15, 0.2) is 0 Å². The van der Waals surface area contributed by atoms with E-state index in [2.05, 4.69) is 0 Å². The van der Waals surface area contributed by atoms with Gasteiger partial charge in [0.1, 0.15) is 0 Å². The summed E-state index contributed by atoms with van der Waals surface area (Å²) in [4.78, 5) is 11.2. The molecule has 0 amide bonds. The summed E-state index contributed by atoms with van der Waals surface area (Å²) in [5, 5.41) is 9.26. The maximum atomic E-state index is 11.2. The molecule has 2 rings (SSSR count). The third kappa shape index (κ3) is 1.65. The highest BCUT2D eigenvalue weighted by Crippen LogP contribution is 2.61. The SMILES string of the molecule is COCCCC1(C(=O)O)CC2CC2C1. The van der Waals surface area contributed by atoms with Crippen LogP contribution in [-0.2, 0) is 9.53 Å². The number of rotatable bonds is 5. The topological polar surface area (TPSA) is 46.5 Å². The van der Waals surface area contributed by atoms with Crippen LogP contribution in [0, 0.1) is 17.3 Å². The molecule has 2 fully saturated rings. The van der Waals surface area contributed by atoms with Crippen molar-refractivity contribution < 1.29 is 14.6 Å². The average Bonchev–Trinajstić information content (AvgIpc) is 2.75. The molecule has 2 aliphatic carbocycles. The van der Waals surface area contributed by atoms with Gasteiger partial charge >= 0.3 is 5.97 Å². The molecule has 0 bridgehead atoms. The fourth-order valence-electron chi connectivity index (χ4n) is 2.94. The van der Waals surface area contributed by atoms with Gasteiger partial charge in [-0.25, -0.2) is 0 Å². The maximum Gasteiger partial charge on any atom is 0.309 e. The third-order valence-electron chi connectivity index (χ3n) is 3.83. The number of carboxylic acids is 1. The van der Waals surface area contributed by atoms with Gasteiger partial charge in [0, 0.05) is 13.7 Å². The number of fused-ring (bicyclic) bond motifs is 1. The zero-order chi connectivity index (χ0) is 10.2. The summed E-state index contributed by atoms with van der Waals surface area (Å²) >= 11 is 0. The first-order valence-electron chi connectivity index (χ1n) is 5.40. The van der Waals surface area contributed by atoms with E-state index >= 15 is 0 Å². The molecule has 80 valence electrons. The molecule has 2 saturated carbocycles. The molecule has 0 aliphatic heterocycles. The standard InChI is InChI=1S/C11H18O3/c1-14-4-2-3-11(10(12)13)6-8-5-9(8)7-11/h8-9H,2-7H2,1H3,(H,12,13). The van der Waals surface area contributed by atoms with E-state index in [1.54, 1.807) is 7.11 Å². The molecule has 0 heterocycles. The quantitative estimate of drug-likeness (QED) is 0.686. The van der Waals surface area contributed by atoms with Crippen LogP contribution >= 0.6 is 0 Å². The van der Waals surface area contributed by atoms with Crippen LogP contribution < -0.4 is 0 Å². The van der Waals surface area contributed by atoms with Crippen molar-refractivity contribution in [3.05, 3.63) is 0 Å². The molecular formula is C11H18O3. The van der Waals surface area contributed by atoms with Crippen molar-refractivity contribution in [3.8, 4) is 0 Å². The molecule has 14 heavy (non-hydrogen) atoms. The fourth-order valence-corrected chi connectivity index (χ4v) is 2.94. The lowest BCUT2D eigenvalue weighted by Gasteiger charge is -2.25. The first kappa shape index (κ1) is 9.97. The number of hydrogen-bond donors (Lipinski definition) is 1. The van der Waals surface area contributed by atoms with E-state index in [4.69, 9.17) is 4.74 Å². The average molecular weight is 198 g/mol. The van der Waals surface area contributed by atoms with Crippen molar-refractivity contribution in [3.63, 3.8) is 0 Å². The first-order valence-corrected chi connectivity index (χ1v) is 5.40. The van der Waals surface area contributed by atoms with Crippen LogP contribution in [0.1, 0.15) is 32.1 Å². The van der Waals surface area contributed by atoms with Crippen molar-refractivity contribution in [2.75, 3.05) is 13.7 Å². The predicted octanol–water partition coefficient (Wildman–Crippen LogP) is 1.91. The molecule has 3 heteroatoms. The van der Waals surface area contributed by atoms with Gasteiger partial charge in [-0.1, -0.05) is 0 Å². The largest absolute Gasteiger partial charge is 0.481 e. The summed E-state index contributed by atoms with van der Waals surface area (Å²) in [7, 11) is 1.67. The van der Waals surface area contributed by atoms with Crippen molar-refractivity contribution in [1.82, 2.24) is 0 Å². The van der Waals surface area contributed by atoms with Gasteiger partial charge in [-0.15, -0.1) is 0 Å². The van der Waals surface area contributed by atoms with E-state index in [0.717, 1.165) is 37.5 Å². The van der Waals surface area contributed by atoms with Gasteiger partial charge < -0.3 is 9.84 Å². The minimum atomic E-state index is -0.583. The fraction of sp³-hybridized carbons (Fsp3) is 0.909. The van der Waals surface area contributed by atoms with Crippen LogP contribution in [-0.4, -0.2) is 24.8 Å². The van der Waals surface area contributed by atoms with Crippen molar-refractivity contribution >= 4 is 5.97 Å². The van der Waals surface area contributed by atoms with Crippen molar-refractivity contribution in [2.45, 2.75) is 32.1 Å². The second kappa shape index (κ2) is 3.54. The summed E-state index contributed by atoms with van der Waals surface area (Å²) in [6.45, 7) is 0.685. The van der Waals surface area contributed by atoms with Gasteiger partial charge in [-0.3, -0.25) is 4.79 Å². The Morgan fingerprint density at radius 2 is 2.14 bits per heavy atom. The predicted molar refractivity (Wildman–Crippen MR) is 52.0 cm³/mol. The Morgan fingerprint density at radius 1 is 1.50 bits per heavy atom. The highest BCUT2D eigenvalue weighted by atomic mass is 16.5. The Morgan fingerprint density at radius 3 is 2.64 bits per heavy atom. The Hall–Kier alpha value is -0.570. The highest BCUT2D eigenvalue weighted by Gasteiger charge is 2.56. The van der Waals surface area contributed by atoms with Gasteiger partial charge in [-0.05, 0) is 43.9 Å². The van der Waals surface area contributed by atoms with Gasteiger partial charge in [0.2, 0.25) is 0 Å². The van der Waals surface area contributed by atoms with Crippen molar-refractivity contribution in [2.24, 2.45) is 17.3 Å². The molecule has 1 N–H and O–H groups in total. The molecule has 3 nitrogen and oxygen atoms in total. The first-order chi connectivity index (χ1) is 6.68. The monoisotopic (exact) mass is 198 g/mol. The molecule has 0 aromatic rings. The second-order valence-corrected chi connectivity index (χ2v) is 4.85. The summed E-state index contributed by atoms with van der Waals surface area (Å²) < 4.78 is 4.97.